The molecular formula is C28H24N3+. The number of hydrogen-bond donors (Lipinski definition) is 0. The normalized spacial score (nSPS) is 12.6. The van der Waals surface area contributed by atoms with Crippen molar-refractivity contribution in [2.24, 2.45) is 7.05 Å². The number of aromatic nitrogens is 2. The zero-order valence-corrected chi connectivity index (χ0v) is 18.5. The minimum Gasteiger partial charge on any atom is -0.307 e. The SMILES string of the molecule is [C-]#[N+]C(C)(C)c1cc2cc[n+](C)c3c4c(C)ccc5c6ccc(C)cc6n(c(c1)c23)c54. The minimum atomic E-state index is -0.576. The van der Waals surface area contributed by atoms with Gasteiger partial charge in [0.1, 0.15) is 7.05 Å². The van der Waals surface area contributed by atoms with E-state index in [1.807, 2.05) is 13.8 Å². The third-order valence-electron chi connectivity index (χ3n) is 6.97. The molecule has 0 aliphatic heterocycles. The van der Waals surface area contributed by atoms with Gasteiger partial charge in [0.05, 0.1) is 27.3 Å². The van der Waals surface area contributed by atoms with Crippen LogP contribution >= 0.6 is 0 Å². The molecule has 0 aliphatic rings. The molecule has 3 heteroatoms. The van der Waals surface area contributed by atoms with E-state index in [9.17, 15) is 0 Å². The third kappa shape index (κ3) is 2.20. The Morgan fingerprint density at radius 1 is 0.903 bits per heavy atom. The average molecular weight is 403 g/mol. The fourth-order valence-electron chi connectivity index (χ4n) is 5.24. The second kappa shape index (κ2) is 5.74. The average Bonchev–Trinajstić information content (AvgIpc) is 3.07. The van der Waals surface area contributed by atoms with Crippen LogP contribution in [0.1, 0.15) is 30.5 Å². The Balaban J connectivity index is 2.05. The van der Waals surface area contributed by atoms with Crippen LogP contribution in [0.2, 0.25) is 0 Å². The van der Waals surface area contributed by atoms with Gasteiger partial charge in [0.25, 0.3) is 5.54 Å². The molecule has 150 valence electrons. The standard InChI is InChI=1S/C28H24N3/c1-16-7-9-20-21-10-8-17(2)24-26(21)31(22(20)13-16)23-15-19(28(3,4)29-5)14-18-11-12-30(6)27(24)25(18)23/h7-15H,1-4,6H3/q+1. The van der Waals surface area contributed by atoms with Crippen molar-refractivity contribution in [1.29, 1.82) is 0 Å². The predicted octanol–water partition coefficient (Wildman–Crippen LogP) is 6.59. The van der Waals surface area contributed by atoms with E-state index in [2.05, 4.69) is 89.4 Å². The van der Waals surface area contributed by atoms with E-state index in [0.717, 1.165) is 5.56 Å². The summed E-state index contributed by atoms with van der Waals surface area (Å²) < 4.78 is 4.69. The topological polar surface area (TPSA) is 12.7 Å². The summed E-state index contributed by atoms with van der Waals surface area (Å²) >= 11 is 0. The summed E-state index contributed by atoms with van der Waals surface area (Å²) in [5, 5.41) is 6.32. The molecule has 3 nitrogen and oxygen atoms in total. The molecule has 6 aromatic rings. The molecule has 0 unspecified atom stereocenters. The van der Waals surface area contributed by atoms with Gasteiger partial charge in [-0.15, -0.1) is 0 Å². The summed E-state index contributed by atoms with van der Waals surface area (Å²) in [4.78, 5) is 3.94. The molecule has 0 amide bonds. The molecule has 3 aromatic carbocycles. The Bertz CT molecular complexity index is 1740. The Morgan fingerprint density at radius 3 is 2.45 bits per heavy atom. The molecule has 6 rings (SSSR count). The second-order valence-corrected chi connectivity index (χ2v) is 9.42. The molecule has 0 bridgehead atoms. The van der Waals surface area contributed by atoms with E-state index >= 15 is 0 Å². The third-order valence-corrected chi connectivity index (χ3v) is 6.97. The van der Waals surface area contributed by atoms with Crippen LogP contribution in [0.3, 0.4) is 0 Å². The summed E-state index contributed by atoms with van der Waals surface area (Å²) in [6.45, 7) is 16.1. The van der Waals surface area contributed by atoms with Gasteiger partial charge in [0.2, 0.25) is 5.52 Å². The Morgan fingerprint density at radius 2 is 1.68 bits per heavy atom. The van der Waals surface area contributed by atoms with Crippen LogP contribution in [0, 0.1) is 20.4 Å². The van der Waals surface area contributed by atoms with Crippen molar-refractivity contribution in [3.05, 3.63) is 82.8 Å². The van der Waals surface area contributed by atoms with Crippen LogP contribution in [-0.4, -0.2) is 4.40 Å². The van der Waals surface area contributed by atoms with Crippen molar-refractivity contribution in [3.8, 4) is 0 Å². The first-order valence-electron chi connectivity index (χ1n) is 10.7. The number of benzene rings is 3. The van der Waals surface area contributed by atoms with E-state index < -0.39 is 5.54 Å². The predicted molar refractivity (Wildman–Crippen MR) is 129 cm³/mol. The maximum atomic E-state index is 7.77. The largest absolute Gasteiger partial charge is 0.307 e. The minimum absolute atomic E-state index is 0.576. The van der Waals surface area contributed by atoms with E-state index in [0.29, 0.717) is 0 Å². The van der Waals surface area contributed by atoms with Crippen molar-refractivity contribution in [2.75, 3.05) is 0 Å². The smallest absolute Gasteiger partial charge is 0.252 e. The van der Waals surface area contributed by atoms with Crippen LogP contribution in [0.15, 0.2) is 54.7 Å². The Kier molecular flexibility index (Phi) is 3.36. The van der Waals surface area contributed by atoms with Gasteiger partial charge < -0.3 is 9.25 Å². The molecule has 3 heterocycles. The molecule has 0 spiro atoms. The van der Waals surface area contributed by atoms with E-state index in [1.54, 1.807) is 0 Å². The highest BCUT2D eigenvalue weighted by Crippen LogP contribution is 2.42. The van der Waals surface area contributed by atoms with Gasteiger partial charge in [-0.05, 0) is 48.6 Å². The molecule has 3 aromatic heterocycles. The number of pyridine rings is 2. The van der Waals surface area contributed by atoms with Crippen molar-refractivity contribution < 1.29 is 4.57 Å². The first-order valence-corrected chi connectivity index (χ1v) is 10.7. The maximum Gasteiger partial charge on any atom is 0.252 e. The van der Waals surface area contributed by atoms with Gasteiger partial charge >= 0.3 is 0 Å². The number of nitrogens with zero attached hydrogens (tertiary/aromatic N) is 3. The lowest BCUT2D eigenvalue weighted by Gasteiger charge is -2.17. The lowest BCUT2D eigenvalue weighted by molar-refractivity contribution is -0.643. The van der Waals surface area contributed by atoms with Crippen LogP contribution in [0.5, 0.6) is 0 Å². The summed E-state index contributed by atoms with van der Waals surface area (Å²) in [5.74, 6) is 0. The fraction of sp³-hybridized carbons (Fsp3) is 0.214. The van der Waals surface area contributed by atoms with Gasteiger partial charge in [-0.2, -0.15) is 0 Å². The van der Waals surface area contributed by atoms with Crippen molar-refractivity contribution in [3.63, 3.8) is 0 Å². The lowest BCUT2D eigenvalue weighted by Crippen LogP contribution is -2.29. The van der Waals surface area contributed by atoms with E-state index in [-0.39, 0.29) is 0 Å². The first kappa shape index (κ1) is 18.2. The highest BCUT2D eigenvalue weighted by molar-refractivity contribution is 6.25. The summed E-state index contributed by atoms with van der Waals surface area (Å²) in [5.41, 5.74) is 7.97. The fourth-order valence-corrected chi connectivity index (χ4v) is 5.24. The molecule has 0 aliphatic carbocycles. The zero-order chi connectivity index (χ0) is 21.7. The van der Waals surface area contributed by atoms with Gasteiger partial charge in [-0.1, -0.05) is 24.3 Å². The van der Waals surface area contributed by atoms with Gasteiger partial charge in [0, 0.05) is 36.2 Å². The van der Waals surface area contributed by atoms with Crippen LogP contribution in [0.4, 0.5) is 0 Å². The van der Waals surface area contributed by atoms with E-state index in [1.165, 1.54) is 60.1 Å². The Hall–Kier alpha value is -3.64. The summed E-state index contributed by atoms with van der Waals surface area (Å²) in [6, 6.07) is 17.9. The number of hydrogen-bond acceptors (Lipinski definition) is 0. The van der Waals surface area contributed by atoms with Gasteiger partial charge in [-0.3, -0.25) is 0 Å². The van der Waals surface area contributed by atoms with Gasteiger partial charge in [-0.25, -0.2) is 11.1 Å². The molecule has 31 heavy (non-hydrogen) atoms. The number of aryl methyl sites for hydroxylation is 3. The van der Waals surface area contributed by atoms with Crippen LogP contribution in [-0.2, 0) is 12.6 Å². The van der Waals surface area contributed by atoms with Crippen LogP contribution < -0.4 is 4.57 Å². The van der Waals surface area contributed by atoms with Crippen molar-refractivity contribution >= 4 is 49.0 Å². The zero-order valence-electron chi connectivity index (χ0n) is 18.5. The number of rotatable bonds is 1. The molecular weight excluding hydrogens is 378 g/mol. The van der Waals surface area contributed by atoms with Crippen molar-refractivity contribution in [2.45, 2.75) is 33.2 Å². The molecule has 0 atom stereocenters. The van der Waals surface area contributed by atoms with Crippen molar-refractivity contribution in [1.82, 2.24) is 4.40 Å². The van der Waals surface area contributed by atoms with E-state index in [4.69, 9.17) is 6.57 Å². The molecule has 0 N–H and O–H groups in total. The van der Waals surface area contributed by atoms with Crippen LogP contribution in [0.25, 0.3) is 53.8 Å². The summed E-state index contributed by atoms with van der Waals surface area (Å²) in [7, 11) is 2.14. The molecule has 0 fully saturated rings. The quantitative estimate of drug-likeness (QED) is 0.127. The first-order chi connectivity index (χ1) is 14.8. The number of fused-ring (bicyclic) bond motifs is 5. The monoisotopic (exact) mass is 402 g/mol. The Labute approximate surface area is 181 Å². The highest BCUT2D eigenvalue weighted by atomic mass is 15.0. The lowest BCUT2D eigenvalue weighted by atomic mass is 9.91. The molecule has 0 saturated carbocycles. The van der Waals surface area contributed by atoms with Gasteiger partial charge in [0.15, 0.2) is 6.20 Å². The highest BCUT2D eigenvalue weighted by Gasteiger charge is 2.30. The maximum absolute atomic E-state index is 7.77. The summed E-state index contributed by atoms with van der Waals surface area (Å²) in [6.07, 6.45) is 2.15. The second-order valence-electron chi connectivity index (χ2n) is 9.42. The molecule has 0 saturated heterocycles. The molecule has 0 radical (unpaired) electrons.